The zero-order valence-corrected chi connectivity index (χ0v) is 10.5. The number of rotatable bonds is 1. The lowest BCUT2D eigenvalue weighted by Gasteiger charge is -2.33. The Labute approximate surface area is 96.0 Å². The van der Waals surface area contributed by atoms with E-state index in [1.807, 2.05) is 11.3 Å². The SMILES string of the molecule is Cc1cc(C2=CC(N)CC(C)(C)C2)cs1. The zero-order valence-electron chi connectivity index (χ0n) is 9.71. The molecule has 1 aliphatic carbocycles. The highest BCUT2D eigenvalue weighted by molar-refractivity contribution is 7.10. The van der Waals surface area contributed by atoms with Gasteiger partial charge in [-0.2, -0.15) is 0 Å². The largest absolute Gasteiger partial charge is 0.324 e. The smallest absolute Gasteiger partial charge is 0.0234 e. The Morgan fingerprint density at radius 3 is 2.73 bits per heavy atom. The zero-order chi connectivity index (χ0) is 11.1. The average Bonchev–Trinajstić information content (AvgIpc) is 2.48. The standard InChI is InChI=1S/C13H19NS/c1-9-4-11(8-15-9)10-5-12(14)7-13(2,3)6-10/h4-5,8,12H,6-7,14H2,1-3H3. The van der Waals surface area contributed by atoms with Crippen LogP contribution >= 0.6 is 11.3 Å². The second kappa shape index (κ2) is 3.76. The fourth-order valence-corrected chi connectivity index (χ4v) is 3.14. The fourth-order valence-electron chi connectivity index (χ4n) is 2.41. The highest BCUT2D eigenvalue weighted by Crippen LogP contribution is 2.39. The maximum Gasteiger partial charge on any atom is 0.0234 e. The van der Waals surface area contributed by atoms with Gasteiger partial charge in [-0.25, -0.2) is 0 Å². The van der Waals surface area contributed by atoms with Gasteiger partial charge in [0.15, 0.2) is 0 Å². The molecule has 82 valence electrons. The molecule has 0 spiro atoms. The average molecular weight is 221 g/mol. The van der Waals surface area contributed by atoms with Gasteiger partial charge in [-0.1, -0.05) is 19.9 Å². The van der Waals surface area contributed by atoms with Crippen LogP contribution in [0.3, 0.4) is 0 Å². The molecule has 0 aromatic carbocycles. The highest BCUT2D eigenvalue weighted by Gasteiger charge is 2.27. The van der Waals surface area contributed by atoms with Crippen molar-refractivity contribution >= 4 is 16.9 Å². The Kier molecular flexibility index (Phi) is 2.73. The van der Waals surface area contributed by atoms with E-state index in [-0.39, 0.29) is 6.04 Å². The van der Waals surface area contributed by atoms with Crippen molar-refractivity contribution in [3.63, 3.8) is 0 Å². The Balaban J connectivity index is 2.29. The first kappa shape index (κ1) is 10.9. The van der Waals surface area contributed by atoms with Crippen molar-refractivity contribution < 1.29 is 0 Å². The van der Waals surface area contributed by atoms with Crippen LogP contribution in [0.15, 0.2) is 17.5 Å². The van der Waals surface area contributed by atoms with E-state index in [0.29, 0.717) is 5.41 Å². The van der Waals surface area contributed by atoms with E-state index in [1.54, 1.807) is 0 Å². The van der Waals surface area contributed by atoms with E-state index in [2.05, 4.69) is 38.3 Å². The highest BCUT2D eigenvalue weighted by atomic mass is 32.1. The van der Waals surface area contributed by atoms with E-state index in [0.717, 1.165) is 12.8 Å². The molecule has 0 bridgehead atoms. The van der Waals surface area contributed by atoms with Crippen molar-refractivity contribution in [3.8, 4) is 0 Å². The third kappa shape index (κ3) is 2.50. The van der Waals surface area contributed by atoms with E-state index < -0.39 is 0 Å². The van der Waals surface area contributed by atoms with Crippen LogP contribution in [0.5, 0.6) is 0 Å². The summed E-state index contributed by atoms with van der Waals surface area (Å²) in [5.41, 5.74) is 9.23. The summed E-state index contributed by atoms with van der Waals surface area (Å²) in [6.07, 6.45) is 4.49. The van der Waals surface area contributed by atoms with E-state index >= 15 is 0 Å². The first-order valence-corrected chi connectivity index (χ1v) is 6.36. The lowest BCUT2D eigenvalue weighted by atomic mass is 9.74. The first-order chi connectivity index (χ1) is 6.96. The van der Waals surface area contributed by atoms with Crippen LogP contribution in [0, 0.1) is 12.3 Å². The number of hydrogen-bond donors (Lipinski definition) is 1. The molecule has 0 saturated heterocycles. The molecule has 0 amide bonds. The number of hydrogen-bond acceptors (Lipinski definition) is 2. The minimum atomic E-state index is 0.226. The van der Waals surface area contributed by atoms with Crippen LogP contribution < -0.4 is 5.73 Å². The molecule has 1 aliphatic rings. The van der Waals surface area contributed by atoms with Gasteiger partial charge in [0, 0.05) is 10.9 Å². The van der Waals surface area contributed by atoms with Gasteiger partial charge < -0.3 is 5.73 Å². The topological polar surface area (TPSA) is 26.0 Å². The number of allylic oxidation sites excluding steroid dienone is 1. The van der Waals surface area contributed by atoms with Crippen LogP contribution in [0.25, 0.3) is 5.57 Å². The number of nitrogens with two attached hydrogens (primary N) is 1. The first-order valence-electron chi connectivity index (χ1n) is 5.48. The second-order valence-electron chi connectivity index (χ2n) is 5.35. The van der Waals surface area contributed by atoms with Gasteiger partial charge in [0.25, 0.3) is 0 Å². The van der Waals surface area contributed by atoms with Crippen LogP contribution in [0.4, 0.5) is 0 Å². The minimum absolute atomic E-state index is 0.226. The van der Waals surface area contributed by atoms with E-state index in [1.165, 1.54) is 16.0 Å². The van der Waals surface area contributed by atoms with Crippen molar-refractivity contribution in [2.24, 2.45) is 11.1 Å². The molecule has 1 atom stereocenters. The number of thiophene rings is 1. The van der Waals surface area contributed by atoms with Gasteiger partial charge in [-0.15, -0.1) is 11.3 Å². The van der Waals surface area contributed by atoms with Crippen LogP contribution in [-0.4, -0.2) is 6.04 Å². The molecule has 0 aliphatic heterocycles. The molecule has 1 aromatic heterocycles. The Morgan fingerprint density at radius 1 is 1.47 bits per heavy atom. The molecule has 1 heterocycles. The summed E-state index contributed by atoms with van der Waals surface area (Å²) in [5.74, 6) is 0. The molecule has 2 N–H and O–H groups in total. The molecule has 2 heteroatoms. The normalized spacial score (nSPS) is 25.1. The summed E-state index contributed by atoms with van der Waals surface area (Å²) in [4.78, 5) is 1.38. The lowest BCUT2D eigenvalue weighted by Crippen LogP contribution is -2.30. The summed E-state index contributed by atoms with van der Waals surface area (Å²) >= 11 is 1.82. The summed E-state index contributed by atoms with van der Waals surface area (Å²) in [7, 11) is 0. The molecule has 1 unspecified atom stereocenters. The van der Waals surface area contributed by atoms with Gasteiger partial charge in [0.05, 0.1) is 0 Å². The molecule has 0 fully saturated rings. The van der Waals surface area contributed by atoms with E-state index in [4.69, 9.17) is 5.73 Å². The van der Waals surface area contributed by atoms with Gasteiger partial charge in [-0.05, 0) is 47.8 Å². The summed E-state index contributed by atoms with van der Waals surface area (Å²) in [6, 6.07) is 2.49. The second-order valence-corrected chi connectivity index (χ2v) is 6.46. The molecule has 1 aromatic rings. The summed E-state index contributed by atoms with van der Waals surface area (Å²) in [5, 5.41) is 2.25. The van der Waals surface area contributed by atoms with Crippen molar-refractivity contribution in [1.82, 2.24) is 0 Å². The van der Waals surface area contributed by atoms with Gasteiger partial charge in [0.1, 0.15) is 0 Å². The van der Waals surface area contributed by atoms with E-state index in [9.17, 15) is 0 Å². The molecular formula is C13H19NS. The molecule has 15 heavy (non-hydrogen) atoms. The Bertz CT molecular complexity index is 387. The Hall–Kier alpha value is -0.600. The van der Waals surface area contributed by atoms with Gasteiger partial charge in [0.2, 0.25) is 0 Å². The maximum absolute atomic E-state index is 6.07. The maximum atomic E-state index is 6.07. The summed E-state index contributed by atoms with van der Waals surface area (Å²) < 4.78 is 0. The van der Waals surface area contributed by atoms with Crippen molar-refractivity contribution in [3.05, 3.63) is 28.0 Å². The van der Waals surface area contributed by atoms with Gasteiger partial charge >= 0.3 is 0 Å². The van der Waals surface area contributed by atoms with Crippen LogP contribution in [0.1, 0.15) is 37.1 Å². The van der Waals surface area contributed by atoms with Crippen LogP contribution in [0.2, 0.25) is 0 Å². The molecule has 1 nitrogen and oxygen atoms in total. The van der Waals surface area contributed by atoms with Crippen LogP contribution in [-0.2, 0) is 0 Å². The summed E-state index contributed by atoms with van der Waals surface area (Å²) in [6.45, 7) is 6.76. The minimum Gasteiger partial charge on any atom is -0.324 e. The molecule has 2 rings (SSSR count). The number of aryl methyl sites for hydroxylation is 1. The molecular weight excluding hydrogens is 202 g/mol. The fraction of sp³-hybridized carbons (Fsp3) is 0.538. The van der Waals surface area contributed by atoms with Gasteiger partial charge in [-0.3, -0.25) is 0 Å². The molecule has 0 radical (unpaired) electrons. The lowest BCUT2D eigenvalue weighted by molar-refractivity contribution is 0.319. The predicted molar refractivity (Wildman–Crippen MR) is 68.0 cm³/mol. The monoisotopic (exact) mass is 221 g/mol. The third-order valence-corrected chi connectivity index (χ3v) is 3.84. The Morgan fingerprint density at radius 2 is 2.20 bits per heavy atom. The third-order valence-electron chi connectivity index (χ3n) is 2.97. The van der Waals surface area contributed by atoms with Crippen molar-refractivity contribution in [1.29, 1.82) is 0 Å². The van der Waals surface area contributed by atoms with Crippen molar-refractivity contribution in [2.75, 3.05) is 0 Å². The molecule has 0 saturated carbocycles. The predicted octanol–water partition coefficient (Wildman–Crippen LogP) is 3.59. The quantitative estimate of drug-likeness (QED) is 0.770. The van der Waals surface area contributed by atoms with Crippen molar-refractivity contribution in [2.45, 2.75) is 39.7 Å².